The van der Waals surface area contributed by atoms with Gasteiger partial charge in [-0.3, -0.25) is 4.79 Å². The molecule has 0 spiro atoms. The molecule has 1 fully saturated rings. The lowest BCUT2D eigenvalue weighted by atomic mass is 10.1. The highest BCUT2D eigenvalue weighted by atomic mass is 35.5. The number of carbonyl (C=O) groups excluding carboxylic acids is 1. The number of amides is 1. The maximum atomic E-state index is 12.0. The minimum absolute atomic E-state index is 0.0382. The van der Waals surface area contributed by atoms with E-state index < -0.39 is 0 Å². The van der Waals surface area contributed by atoms with Gasteiger partial charge in [-0.05, 0) is 31.4 Å². The Morgan fingerprint density at radius 3 is 2.88 bits per heavy atom. The molecule has 0 aliphatic heterocycles. The SMILES string of the molecule is N#CC1CCCC1NC(=O)c1ccccc1Cl. The lowest BCUT2D eigenvalue weighted by Gasteiger charge is -2.15. The third-order valence-corrected chi connectivity index (χ3v) is 3.45. The first-order chi connectivity index (χ1) is 8.22. The first kappa shape index (κ1) is 11.9. The molecule has 17 heavy (non-hydrogen) atoms. The number of rotatable bonds is 2. The molecule has 0 radical (unpaired) electrons. The van der Waals surface area contributed by atoms with E-state index in [0.717, 1.165) is 19.3 Å². The van der Waals surface area contributed by atoms with E-state index in [-0.39, 0.29) is 17.9 Å². The van der Waals surface area contributed by atoms with Gasteiger partial charge in [0, 0.05) is 6.04 Å². The van der Waals surface area contributed by atoms with Gasteiger partial charge in [-0.25, -0.2) is 0 Å². The topological polar surface area (TPSA) is 52.9 Å². The lowest BCUT2D eigenvalue weighted by Crippen LogP contribution is -2.37. The Kier molecular flexibility index (Phi) is 3.65. The lowest BCUT2D eigenvalue weighted by molar-refractivity contribution is 0.0933. The zero-order chi connectivity index (χ0) is 12.3. The van der Waals surface area contributed by atoms with Crippen LogP contribution in [0.3, 0.4) is 0 Å². The summed E-state index contributed by atoms with van der Waals surface area (Å²) in [6.45, 7) is 0. The average Bonchev–Trinajstić information content (AvgIpc) is 2.76. The number of nitriles is 1. The highest BCUT2D eigenvalue weighted by Gasteiger charge is 2.28. The largest absolute Gasteiger partial charge is 0.348 e. The quantitative estimate of drug-likeness (QED) is 0.875. The van der Waals surface area contributed by atoms with Gasteiger partial charge in [-0.1, -0.05) is 23.7 Å². The molecule has 0 aromatic heterocycles. The van der Waals surface area contributed by atoms with Crippen molar-refractivity contribution in [3.8, 4) is 6.07 Å². The van der Waals surface area contributed by atoms with E-state index in [2.05, 4.69) is 11.4 Å². The third-order valence-electron chi connectivity index (χ3n) is 3.12. The molecule has 0 heterocycles. The van der Waals surface area contributed by atoms with E-state index in [9.17, 15) is 4.79 Å². The minimum atomic E-state index is -0.192. The highest BCUT2D eigenvalue weighted by Crippen LogP contribution is 2.25. The molecule has 2 rings (SSSR count). The van der Waals surface area contributed by atoms with Crippen LogP contribution in [0.25, 0.3) is 0 Å². The average molecular weight is 249 g/mol. The van der Waals surface area contributed by atoms with E-state index in [1.165, 1.54) is 0 Å². The summed E-state index contributed by atoms with van der Waals surface area (Å²) in [4.78, 5) is 12.0. The molecule has 1 aliphatic carbocycles. The summed E-state index contributed by atoms with van der Waals surface area (Å²) >= 11 is 5.95. The van der Waals surface area contributed by atoms with Crippen molar-refractivity contribution in [2.45, 2.75) is 25.3 Å². The molecule has 2 unspecified atom stereocenters. The molecule has 3 nitrogen and oxygen atoms in total. The van der Waals surface area contributed by atoms with Crippen LogP contribution < -0.4 is 5.32 Å². The number of halogens is 1. The fourth-order valence-corrected chi connectivity index (χ4v) is 2.40. The molecule has 4 heteroatoms. The van der Waals surface area contributed by atoms with Gasteiger partial charge in [0.25, 0.3) is 5.91 Å². The highest BCUT2D eigenvalue weighted by molar-refractivity contribution is 6.33. The van der Waals surface area contributed by atoms with Gasteiger partial charge in [0.15, 0.2) is 0 Å². The Labute approximate surface area is 105 Å². The van der Waals surface area contributed by atoms with Crippen LogP contribution in [0.2, 0.25) is 5.02 Å². The molecule has 1 aromatic carbocycles. The molecular weight excluding hydrogens is 236 g/mol. The molecule has 2 atom stereocenters. The van der Waals surface area contributed by atoms with Crippen LogP contribution in [-0.2, 0) is 0 Å². The molecule has 88 valence electrons. The van der Waals surface area contributed by atoms with Gasteiger partial charge in [0.1, 0.15) is 0 Å². The normalized spacial score (nSPS) is 23.1. The number of nitrogens with one attached hydrogen (secondary N) is 1. The maximum absolute atomic E-state index is 12.0. The van der Waals surface area contributed by atoms with Crippen LogP contribution in [-0.4, -0.2) is 11.9 Å². The van der Waals surface area contributed by atoms with Crippen LogP contribution in [0.4, 0.5) is 0 Å². The van der Waals surface area contributed by atoms with Gasteiger partial charge in [0.05, 0.1) is 22.6 Å². The van der Waals surface area contributed by atoms with E-state index in [1.807, 2.05) is 0 Å². The van der Waals surface area contributed by atoms with Crippen molar-refractivity contribution in [1.82, 2.24) is 5.32 Å². The molecule has 1 aliphatic rings. The van der Waals surface area contributed by atoms with Gasteiger partial charge < -0.3 is 5.32 Å². The number of hydrogen-bond acceptors (Lipinski definition) is 2. The second-order valence-corrected chi connectivity index (χ2v) is 4.63. The van der Waals surface area contributed by atoms with Crippen LogP contribution in [0, 0.1) is 17.2 Å². The van der Waals surface area contributed by atoms with Crippen molar-refractivity contribution in [2.24, 2.45) is 5.92 Å². The summed E-state index contributed by atoms with van der Waals surface area (Å²) in [6.07, 6.45) is 2.73. The number of nitrogens with zero attached hydrogens (tertiary/aromatic N) is 1. The molecule has 1 saturated carbocycles. The Balaban J connectivity index is 2.08. The number of carbonyl (C=O) groups is 1. The summed E-state index contributed by atoms with van der Waals surface area (Å²) in [7, 11) is 0. The standard InChI is InChI=1S/C13H13ClN2O/c14-11-6-2-1-5-10(11)13(17)16-12-7-3-4-9(12)8-15/h1-2,5-6,9,12H,3-4,7H2,(H,16,17). The van der Waals surface area contributed by atoms with Gasteiger partial charge in [0.2, 0.25) is 0 Å². The zero-order valence-electron chi connectivity index (χ0n) is 9.32. The second-order valence-electron chi connectivity index (χ2n) is 4.23. The Morgan fingerprint density at radius 2 is 2.18 bits per heavy atom. The summed E-state index contributed by atoms with van der Waals surface area (Å²) < 4.78 is 0. The molecule has 0 bridgehead atoms. The van der Waals surface area contributed by atoms with Crippen molar-refractivity contribution < 1.29 is 4.79 Å². The molecule has 0 saturated heterocycles. The Hall–Kier alpha value is -1.53. The van der Waals surface area contributed by atoms with Crippen LogP contribution in [0.15, 0.2) is 24.3 Å². The first-order valence-corrected chi connectivity index (χ1v) is 6.05. The fraction of sp³-hybridized carbons (Fsp3) is 0.385. The van der Waals surface area contributed by atoms with E-state index in [1.54, 1.807) is 24.3 Å². The van der Waals surface area contributed by atoms with Crippen molar-refractivity contribution in [3.05, 3.63) is 34.9 Å². The first-order valence-electron chi connectivity index (χ1n) is 5.67. The molecular formula is C13H13ClN2O. The zero-order valence-corrected chi connectivity index (χ0v) is 10.1. The van der Waals surface area contributed by atoms with Crippen molar-refractivity contribution in [2.75, 3.05) is 0 Å². The van der Waals surface area contributed by atoms with Gasteiger partial charge >= 0.3 is 0 Å². The predicted molar refractivity (Wildman–Crippen MR) is 65.7 cm³/mol. The summed E-state index contributed by atoms with van der Waals surface area (Å²) in [5, 5.41) is 12.3. The third kappa shape index (κ3) is 2.59. The number of benzene rings is 1. The summed E-state index contributed by atoms with van der Waals surface area (Å²) in [5.41, 5.74) is 0.470. The van der Waals surface area contributed by atoms with Crippen LogP contribution in [0.5, 0.6) is 0 Å². The Morgan fingerprint density at radius 1 is 1.41 bits per heavy atom. The van der Waals surface area contributed by atoms with Crippen molar-refractivity contribution in [1.29, 1.82) is 5.26 Å². The van der Waals surface area contributed by atoms with Gasteiger partial charge in [-0.15, -0.1) is 0 Å². The Bertz CT molecular complexity index is 467. The van der Waals surface area contributed by atoms with E-state index >= 15 is 0 Å². The van der Waals surface area contributed by atoms with E-state index in [0.29, 0.717) is 10.6 Å². The van der Waals surface area contributed by atoms with Crippen LogP contribution >= 0.6 is 11.6 Å². The fourth-order valence-electron chi connectivity index (χ4n) is 2.18. The monoisotopic (exact) mass is 248 g/mol. The molecule has 1 aromatic rings. The smallest absolute Gasteiger partial charge is 0.253 e. The number of hydrogen-bond donors (Lipinski definition) is 1. The minimum Gasteiger partial charge on any atom is -0.348 e. The summed E-state index contributed by atoms with van der Waals surface area (Å²) in [5.74, 6) is -0.260. The van der Waals surface area contributed by atoms with Crippen molar-refractivity contribution >= 4 is 17.5 Å². The predicted octanol–water partition coefficient (Wildman–Crippen LogP) is 2.76. The van der Waals surface area contributed by atoms with E-state index in [4.69, 9.17) is 16.9 Å². The maximum Gasteiger partial charge on any atom is 0.253 e. The van der Waals surface area contributed by atoms with Crippen LogP contribution in [0.1, 0.15) is 29.6 Å². The summed E-state index contributed by atoms with van der Waals surface area (Å²) in [6, 6.07) is 9.13. The van der Waals surface area contributed by atoms with Gasteiger partial charge in [-0.2, -0.15) is 5.26 Å². The van der Waals surface area contributed by atoms with Crippen molar-refractivity contribution in [3.63, 3.8) is 0 Å². The molecule has 1 amide bonds. The molecule has 1 N–H and O–H groups in total. The second kappa shape index (κ2) is 5.20.